The van der Waals surface area contributed by atoms with Crippen LogP contribution in [0.15, 0.2) is 46.9 Å². The van der Waals surface area contributed by atoms with Crippen LogP contribution in [-0.4, -0.2) is 6.18 Å². The number of hydrogen-bond donors (Lipinski definition) is 0. The standard InChI is InChI=1S/C16H9BrCl3F3/c17-11-3-1-2-9(6-11)4-5-12(16(21,22)23)10-7-13(18)15(20)14(19)8-10/h1-8,12H/b5-4+. The predicted molar refractivity (Wildman–Crippen MR) is 93.4 cm³/mol. The lowest BCUT2D eigenvalue weighted by Crippen LogP contribution is -2.19. The molecule has 7 heteroatoms. The average Bonchev–Trinajstić information content (AvgIpc) is 2.43. The highest BCUT2D eigenvalue weighted by Gasteiger charge is 2.39. The summed E-state index contributed by atoms with van der Waals surface area (Å²) in [7, 11) is 0. The van der Waals surface area contributed by atoms with Crippen molar-refractivity contribution in [2.24, 2.45) is 0 Å². The van der Waals surface area contributed by atoms with Crippen LogP contribution in [0.25, 0.3) is 6.08 Å². The summed E-state index contributed by atoms with van der Waals surface area (Å²) in [4.78, 5) is 0. The van der Waals surface area contributed by atoms with Crippen molar-refractivity contribution < 1.29 is 13.2 Å². The average molecular weight is 445 g/mol. The maximum Gasteiger partial charge on any atom is 0.399 e. The van der Waals surface area contributed by atoms with Crippen LogP contribution in [0.3, 0.4) is 0 Å². The van der Waals surface area contributed by atoms with E-state index >= 15 is 0 Å². The van der Waals surface area contributed by atoms with E-state index in [1.807, 2.05) is 0 Å². The van der Waals surface area contributed by atoms with Gasteiger partial charge in [0.05, 0.1) is 21.0 Å². The molecule has 2 aromatic rings. The predicted octanol–water partition coefficient (Wildman–Crippen LogP) is 7.77. The minimum absolute atomic E-state index is 0.0146. The first-order valence-corrected chi connectivity index (χ1v) is 8.26. The summed E-state index contributed by atoms with van der Waals surface area (Å²) in [5.41, 5.74) is 0.572. The highest BCUT2D eigenvalue weighted by atomic mass is 79.9. The van der Waals surface area contributed by atoms with Gasteiger partial charge < -0.3 is 0 Å². The van der Waals surface area contributed by atoms with Gasteiger partial charge in [0.2, 0.25) is 0 Å². The van der Waals surface area contributed by atoms with Crippen molar-refractivity contribution in [3.8, 4) is 0 Å². The third kappa shape index (κ3) is 4.90. The van der Waals surface area contributed by atoms with Gasteiger partial charge in [-0.25, -0.2) is 0 Å². The topological polar surface area (TPSA) is 0 Å². The molecule has 0 nitrogen and oxygen atoms in total. The molecule has 0 bridgehead atoms. The van der Waals surface area contributed by atoms with Gasteiger partial charge in [-0.3, -0.25) is 0 Å². The Morgan fingerprint density at radius 1 is 1.00 bits per heavy atom. The molecule has 0 spiro atoms. The first-order valence-electron chi connectivity index (χ1n) is 6.33. The van der Waals surface area contributed by atoms with Gasteiger partial charge in [0.25, 0.3) is 0 Å². The molecule has 0 fully saturated rings. The Morgan fingerprint density at radius 3 is 2.13 bits per heavy atom. The summed E-state index contributed by atoms with van der Waals surface area (Å²) in [6.45, 7) is 0. The summed E-state index contributed by atoms with van der Waals surface area (Å²) in [5.74, 6) is -1.84. The van der Waals surface area contributed by atoms with Crippen LogP contribution >= 0.6 is 50.7 Å². The van der Waals surface area contributed by atoms with Crippen LogP contribution in [0, 0.1) is 0 Å². The molecule has 1 atom stereocenters. The van der Waals surface area contributed by atoms with Gasteiger partial charge in [-0.05, 0) is 35.4 Å². The number of allylic oxidation sites excluding steroid dienone is 1. The van der Waals surface area contributed by atoms with E-state index in [9.17, 15) is 13.2 Å². The highest BCUT2D eigenvalue weighted by molar-refractivity contribution is 9.10. The van der Waals surface area contributed by atoms with Gasteiger partial charge in [0.1, 0.15) is 0 Å². The second-order valence-corrected chi connectivity index (χ2v) is 6.84. The Hall–Kier alpha value is -0.680. The molecule has 0 heterocycles. The summed E-state index contributed by atoms with van der Waals surface area (Å²) in [5, 5.41) is 0.00696. The minimum atomic E-state index is -4.48. The monoisotopic (exact) mass is 442 g/mol. The van der Waals surface area contributed by atoms with Gasteiger partial charge in [0.15, 0.2) is 0 Å². The molecule has 122 valence electrons. The van der Waals surface area contributed by atoms with Crippen molar-refractivity contribution in [2.45, 2.75) is 12.1 Å². The van der Waals surface area contributed by atoms with Crippen LogP contribution in [0.2, 0.25) is 15.1 Å². The largest absolute Gasteiger partial charge is 0.399 e. The van der Waals surface area contributed by atoms with Gasteiger partial charge in [-0.2, -0.15) is 13.2 Å². The quantitative estimate of drug-likeness (QED) is 0.424. The molecule has 0 N–H and O–H groups in total. The first kappa shape index (κ1) is 18.7. The maximum absolute atomic E-state index is 13.4. The molecule has 23 heavy (non-hydrogen) atoms. The van der Waals surface area contributed by atoms with Crippen molar-refractivity contribution in [2.75, 3.05) is 0 Å². The number of hydrogen-bond acceptors (Lipinski definition) is 0. The first-order chi connectivity index (χ1) is 10.7. The van der Waals surface area contributed by atoms with E-state index in [4.69, 9.17) is 34.8 Å². The van der Waals surface area contributed by atoms with E-state index in [-0.39, 0.29) is 20.6 Å². The fourth-order valence-electron chi connectivity index (χ4n) is 1.98. The molecule has 0 amide bonds. The molecular weight excluding hydrogens is 435 g/mol. The maximum atomic E-state index is 13.4. The Balaban J connectivity index is 2.43. The zero-order valence-corrected chi connectivity index (χ0v) is 15.2. The number of halogens is 7. The summed E-state index contributed by atoms with van der Waals surface area (Å²) in [6, 6.07) is 9.31. The van der Waals surface area contributed by atoms with Crippen LogP contribution < -0.4 is 0 Å². The summed E-state index contributed by atoms with van der Waals surface area (Å²) < 4.78 is 40.9. The zero-order chi connectivity index (χ0) is 17.2. The van der Waals surface area contributed by atoms with Gasteiger partial charge in [0, 0.05) is 4.47 Å². The van der Waals surface area contributed by atoms with E-state index in [1.54, 1.807) is 24.3 Å². The van der Waals surface area contributed by atoms with E-state index in [2.05, 4.69) is 15.9 Å². The lowest BCUT2D eigenvalue weighted by Gasteiger charge is -2.18. The van der Waals surface area contributed by atoms with Crippen LogP contribution in [0.4, 0.5) is 13.2 Å². The molecule has 0 aliphatic carbocycles. The molecule has 0 saturated heterocycles. The van der Waals surface area contributed by atoms with Crippen molar-refractivity contribution >= 4 is 56.8 Å². The summed E-state index contributed by atoms with van der Waals surface area (Å²) in [6.07, 6.45) is -2.01. The second kappa shape index (κ2) is 7.47. The van der Waals surface area contributed by atoms with Crippen LogP contribution in [0.1, 0.15) is 17.0 Å². The van der Waals surface area contributed by atoms with Crippen molar-refractivity contribution in [1.82, 2.24) is 0 Å². The SMILES string of the molecule is FC(F)(F)C(/C=C/c1cccc(Br)c1)c1cc(Cl)c(Cl)c(Cl)c1. The number of alkyl halides is 3. The zero-order valence-electron chi connectivity index (χ0n) is 11.3. The molecule has 0 aromatic heterocycles. The Kier molecular flexibility index (Phi) is 6.06. The third-order valence-corrected chi connectivity index (χ3v) is 4.74. The van der Waals surface area contributed by atoms with E-state index in [0.717, 1.165) is 10.5 Å². The fraction of sp³-hybridized carbons (Fsp3) is 0.125. The highest BCUT2D eigenvalue weighted by Crippen LogP contribution is 2.41. The minimum Gasteiger partial charge on any atom is -0.170 e. The van der Waals surface area contributed by atoms with Crippen molar-refractivity contribution in [3.05, 3.63) is 73.1 Å². The number of benzene rings is 2. The third-order valence-electron chi connectivity index (χ3n) is 3.05. The van der Waals surface area contributed by atoms with Gasteiger partial charge in [-0.15, -0.1) is 0 Å². The van der Waals surface area contributed by atoms with Crippen LogP contribution in [-0.2, 0) is 0 Å². The summed E-state index contributed by atoms with van der Waals surface area (Å²) >= 11 is 20.7. The Labute approximate surface area is 155 Å². The molecule has 0 aliphatic rings. The van der Waals surface area contributed by atoms with Crippen LogP contribution in [0.5, 0.6) is 0 Å². The molecule has 0 radical (unpaired) electrons. The van der Waals surface area contributed by atoms with E-state index < -0.39 is 12.1 Å². The fourth-order valence-corrected chi connectivity index (χ4v) is 3.01. The molecule has 2 rings (SSSR count). The van der Waals surface area contributed by atoms with Gasteiger partial charge >= 0.3 is 6.18 Å². The molecule has 1 unspecified atom stereocenters. The smallest absolute Gasteiger partial charge is 0.170 e. The Morgan fingerprint density at radius 2 is 1.61 bits per heavy atom. The van der Waals surface area contributed by atoms with E-state index in [1.165, 1.54) is 18.2 Å². The lowest BCUT2D eigenvalue weighted by molar-refractivity contribution is -0.139. The van der Waals surface area contributed by atoms with Gasteiger partial charge in [-0.1, -0.05) is 75.0 Å². The molecule has 2 aromatic carbocycles. The number of rotatable bonds is 3. The molecule has 0 aliphatic heterocycles. The van der Waals surface area contributed by atoms with Crippen molar-refractivity contribution in [3.63, 3.8) is 0 Å². The normalized spacial score (nSPS) is 13.5. The molecular formula is C16H9BrCl3F3. The molecule has 0 saturated carbocycles. The lowest BCUT2D eigenvalue weighted by atomic mass is 9.97. The second-order valence-electron chi connectivity index (χ2n) is 4.73. The van der Waals surface area contributed by atoms with Crippen molar-refractivity contribution in [1.29, 1.82) is 0 Å². The van der Waals surface area contributed by atoms with E-state index in [0.29, 0.717) is 5.56 Å². The Bertz CT molecular complexity index is 719.